The molecule has 2 unspecified atom stereocenters. The zero-order chi connectivity index (χ0) is 13.2. The van der Waals surface area contributed by atoms with Gasteiger partial charge >= 0.3 is 5.69 Å². The SMILES string of the molecule is O=[N+]([O-])c1cnc(N2CCCC3CCCCC32)nc1. The third kappa shape index (κ3) is 2.39. The molecule has 2 heterocycles. The van der Waals surface area contributed by atoms with Crippen LogP contribution in [0.1, 0.15) is 38.5 Å². The van der Waals surface area contributed by atoms with Crippen molar-refractivity contribution in [2.45, 2.75) is 44.6 Å². The van der Waals surface area contributed by atoms with Crippen molar-refractivity contribution in [1.82, 2.24) is 9.97 Å². The van der Waals surface area contributed by atoms with Gasteiger partial charge in [0.05, 0.1) is 4.92 Å². The maximum absolute atomic E-state index is 10.6. The van der Waals surface area contributed by atoms with Crippen LogP contribution in [0.5, 0.6) is 0 Å². The van der Waals surface area contributed by atoms with Crippen molar-refractivity contribution in [3.63, 3.8) is 0 Å². The van der Waals surface area contributed by atoms with E-state index < -0.39 is 4.92 Å². The molecule has 1 aromatic heterocycles. The van der Waals surface area contributed by atoms with E-state index in [0.29, 0.717) is 12.0 Å². The number of piperidine rings is 1. The fourth-order valence-corrected chi connectivity index (χ4v) is 3.43. The molecule has 102 valence electrons. The first-order valence-corrected chi connectivity index (χ1v) is 6.99. The van der Waals surface area contributed by atoms with E-state index in [1.54, 1.807) is 0 Å². The van der Waals surface area contributed by atoms with Gasteiger partial charge in [-0.3, -0.25) is 10.1 Å². The minimum Gasteiger partial charge on any atom is -0.338 e. The van der Waals surface area contributed by atoms with Crippen molar-refractivity contribution in [2.75, 3.05) is 11.4 Å². The number of aromatic nitrogens is 2. The quantitative estimate of drug-likeness (QED) is 0.605. The fraction of sp³-hybridized carbons (Fsp3) is 0.692. The Balaban J connectivity index is 1.81. The van der Waals surface area contributed by atoms with Crippen LogP contribution in [-0.2, 0) is 0 Å². The summed E-state index contributed by atoms with van der Waals surface area (Å²) in [7, 11) is 0. The highest BCUT2D eigenvalue weighted by Crippen LogP contribution is 2.36. The van der Waals surface area contributed by atoms with E-state index in [0.717, 1.165) is 12.5 Å². The van der Waals surface area contributed by atoms with Crippen molar-refractivity contribution in [1.29, 1.82) is 0 Å². The third-order valence-electron chi connectivity index (χ3n) is 4.34. The van der Waals surface area contributed by atoms with Crippen molar-refractivity contribution in [2.24, 2.45) is 5.92 Å². The summed E-state index contributed by atoms with van der Waals surface area (Å²) in [6.07, 6.45) is 10.2. The van der Waals surface area contributed by atoms with Crippen LogP contribution in [0.4, 0.5) is 11.6 Å². The van der Waals surface area contributed by atoms with Crippen LogP contribution >= 0.6 is 0 Å². The highest BCUT2D eigenvalue weighted by atomic mass is 16.6. The van der Waals surface area contributed by atoms with Crippen molar-refractivity contribution in [3.8, 4) is 0 Å². The van der Waals surface area contributed by atoms with Gasteiger partial charge in [-0.1, -0.05) is 12.8 Å². The van der Waals surface area contributed by atoms with Gasteiger partial charge in [-0.05, 0) is 31.6 Å². The Labute approximate surface area is 112 Å². The molecular weight excluding hydrogens is 244 g/mol. The molecule has 1 aromatic rings. The molecule has 1 saturated carbocycles. The van der Waals surface area contributed by atoms with Gasteiger partial charge in [0.25, 0.3) is 0 Å². The standard InChI is InChI=1S/C13H18N4O2/c18-17(19)11-8-14-13(15-9-11)16-7-3-5-10-4-1-2-6-12(10)16/h8-10,12H,1-7H2. The number of anilines is 1. The minimum atomic E-state index is -0.455. The first-order valence-electron chi connectivity index (χ1n) is 6.99. The predicted molar refractivity (Wildman–Crippen MR) is 71.0 cm³/mol. The van der Waals surface area contributed by atoms with Crippen LogP contribution in [0.2, 0.25) is 0 Å². The highest BCUT2D eigenvalue weighted by Gasteiger charge is 2.34. The Morgan fingerprint density at radius 2 is 1.84 bits per heavy atom. The molecule has 1 aliphatic carbocycles. The normalized spacial score (nSPS) is 26.8. The number of rotatable bonds is 2. The molecule has 0 amide bonds. The van der Waals surface area contributed by atoms with Gasteiger partial charge < -0.3 is 4.90 Å². The first kappa shape index (κ1) is 12.3. The van der Waals surface area contributed by atoms with E-state index in [1.807, 2.05) is 0 Å². The first-order chi connectivity index (χ1) is 9.25. The molecule has 1 saturated heterocycles. The molecule has 2 fully saturated rings. The molecule has 19 heavy (non-hydrogen) atoms. The Morgan fingerprint density at radius 3 is 2.58 bits per heavy atom. The van der Waals surface area contributed by atoms with Crippen LogP contribution in [0.3, 0.4) is 0 Å². The van der Waals surface area contributed by atoms with Crippen LogP contribution in [0, 0.1) is 16.0 Å². The topological polar surface area (TPSA) is 72.2 Å². The van der Waals surface area contributed by atoms with E-state index >= 15 is 0 Å². The van der Waals surface area contributed by atoms with Crippen LogP contribution in [0.25, 0.3) is 0 Å². The predicted octanol–water partition coefficient (Wildman–Crippen LogP) is 2.54. The molecule has 0 radical (unpaired) electrons. The number of nitro groups is 1. The molecule has 0 N–H and O–H groups in total. The largest absolute Gasteiger partial charge is 0.338 e. The molecular formula is C13H18N4O2. The lowest BCUT2D eigenvalue weighted by atomic mass is 9.78. The number of fused-ring (bicyclic) bond motifs is 1. The Kier molecular flexibility index (Phi) is 3.31. The molecule has 0 bridgehead atoms. The molecule has 1 aliphatic heterocycles. The lowest BCUT2D eigenvalue weighted by Gasteiger charge is -2.44. The highest BCUT2D eigenvalue weighted by molar-refractivity contribution is 5.36. The zero-order valence-corrected chi connectivity index (χ0v) is 10.9. The van der Waals surface area contributed by atoms with E-state index in [2.05, 4.69) is 14.9 Å². The van der Waals surface area contributed by atoms with E-state index in [4.69, 9.17) is 0 Å². The summed E-state index contributed by atoms with van der Waals surface area (Å²) in [6, 6.07) is 0.531. The maximum atomic E-state index is 10.6. The summed E-state index contributed by atoms with van der Waals surface area (Å²) in [5, 5.41) is 10.6. The summed E-state index contributed by atoms with van der Waals surface area (Å²) >= 11 is 0. The van der Waals surface area contributed by atoms with Crippen molar-refractivity contribution in [3.05, 3.63) is 22.5 Å². The summed E-state index contributed by atoms with van der Waals surface area (Å²) < 4.78 is 0. The summed E-state index contributed by atoms with van der Waals surface area (Å²) in [4.78, 5) is 20.8. The van der Waals surface area contributed by atoms with Gasteiger partial charge in [0.1, 0.15) is 12.4 Å². The number of nitrogens with zero attached hydrogens (tertiary/aromatic N) is 4. The van der Waals surface area contributed by atoms with Crippen molar-refractivity contribution < 1.29 is 4.92 Å². The molecule has 2 aliphatic rings. The Morgan fingerprint density at radius 1 is 1.16 bits per heavy atom. The molecule has 6 nitrogen and oxygen atoms in total. The lowest BCUT2D eigenvalue weighted by molar-refractivity contribution is -0.385. The summed E-state index contributed by atoms with van der Waals surface area (Å²) in [6.45, 7) is 0.971. The van der Waals surface area contributed by atoms with E-state index in [-0.39, 0.29) is 5.69 Å². The van der Waals surface area contributed by atoms with E-state index in [9.17, 15) is 10.1 Å². The fourth-order valence-electron chi connectivity index (χ4n) is 3.43. The summed E-state index contributed by atoms with van der Waals surface area (Å²) in [5.41, 5.74) is -0.0408. The van der Waals surface area contributed by atoms with Crippen LogP contribution in [0.15, 0.2) is 12.4 Å². The minimum absolute atomic E-state index is 0.0408. The Hall–Kier alpha value is -1.72. The van der Waals surface area contributed by atoms with Gasteiger partial charge in [-0.2, -0.15) is 0 Å². The third-order valence-corrected chi connectivity index (χ3v) is 4.34. The van der Waals surface area contributed by atoms with Gasteiger partial charge in [-0.15, -0.1) is 0 Å². The average Bonchev–Trinajstić information content (AvgIpc) is 2.47. The van der Waals surface area contributed by atoms with Gasteiger partial charge in [0.2, 0.25) is 5.95 Å². The summed E-state index contributed by atoms with van der Waals surface area (Å²) in [5.74, 6) is 1.41. The molecule has 2 atom stereocenters. The van der Waals surface area contributed by atoms with Gasteiger partial charge in [0.15, 0.2) is 0 Å². The van der Waals surface area contributed by atoms with Gasteiger partial charge in [0, 0.05) is 12.6 Å². The van der Waals surface area contributed by atoms with Crippen LogP contribution in [-0.4, -0.2) is 27.5 Å². The molecule has 3 rings (SSSR count). The monoisotopic (exact) mass is 262 g/mol. The van der Waals surface area contributed by atoms with Gasteiger partial charge in [-0.25, -0.2) is 9.97 Å². The maximum Gasteiger partial charge on any atom is 0.305 e. The molecule has 0 aromatic carbocycles. The average molecular weight is 262 g/mol. The molecule has 0 spiro atoms. The molecule has 6 heteroatoms. The number of hydrogen-bond acceptors (Lipinski definition) is 5. The Bertz CT molecular complexity index is 460. The second kappa shape index (κ2) is 5.11. The zero-order valence-electron chi connectivity index (χ0n) is 10.9. The number of hydrogen-bond donors (Lipinski definition) is 0. The van der Waals surface area contributed by atoms with E-state index in [1.165, 1.54) is 50.9 Å². The van der Waals surface area contributed by atoms with Crippen molar-refractivity contribution >= 4 is 11.6 Å². The second-order valence-corrected chi connectivity index (χ2v) is 5.45. The smallest absolute Gasteiger partial charge is 0.305 e. The van der Waals surface area contributed by atoms with Crippen LogP contribution < -0.4 is 4.90 Å². The second-order valence-electron chi connectivity index (χ2n) is 5.45. The lowest BCUT2D eigenvalue weighted by Crippen LogP contribution is -2.47.